The Morgan fingerprint density at radius 2 is 1.93 bits per heavy atom. The quantitative estimate of drug-likeness (QED) is 0.799. The molecule has 1 N–H and O–H groups in total. The summed E-state index contributed by atoms with van der Waals surface area (Å²) in [5.74, 6) is -0.0553. The van der Waals surface area contributed by atoms with Gasteiger partial charge in [0.15, 0.2) is 0 Å². The van der Waals surface area contributed by atoms with E-state index in [-0.39, 0.29) is 11.9 Å². The molecule has 2 heterocycles. The van der Waals surface area contributed by atoms with Crippen molar-refractivity contribution in [2.24, 2.45) is 0 Å². The van der Waals surface area contributed by atoms with Gasteiger partial charge in [-0.1, -0.05) is 18.2 Å². The van der Waals surface area contributed by atoms with E-state index < -0.39 is 0 Å². The molecule has 144 valence electrons. The fraction of sp³-hybridized carbons (Fsp3) is 0.409. The van der Waals surface area contributed by atoms with Crippen molar-refractivity contribution in [3.63, 3.8) is 0 Å². The van der Waals surface area contributed by atoms with E-state index in [0.717, 1.165) is 55.5 Å². The Morgan fingerprint density at radius 1 is 1.22 bits per heavy atom. The molecule has 0 spiro atoms. The maximum atomic E-state index is 12.3. The Balaban J connectivity index is 1.61. The highest BCUT2D eigenvalue weighted by Crippen LogP contribution is 2.21. The van der Waals surface area contributed by atoms with Crippen LogP contribution in [0.5, 0.6) is 0 Å². The number of para-hydroxylation sites is 1. The van der Waals surface area contributed by atoms with Gasteiger partial charge in [-0.15, -0.1) is 0 Å². The van der Waals surface area contributed by atoms with E-state index in [4.69, 9.17) is 4.74 Å². The SMILES string of the molecule is Cc1cc(/C=C/C(=O)NC(C)CN2CCOCC2)c(C)n1-c1ccccc1. The van der Waals surface area contributed by atoms with Crippen LogP contribution in [0.2, 0.25) is 0 Å². The third-order valence-corrected chi connectivity index (χ3v) is 4.92. The summed E-state index contributed by atoms with van der Waals surface area (Å²) in [6.07, 6.45) is 3.53. The van der Waals surface area contributed by atoms with Crippen LogP contribution >= 0.6 is 0 Å². The van der Waals surface area contributed by atoms with Gasteiger partial charge in [0.25, 0.3) is 0 Å². The van der Waals surface area contributed by atoms with Gasteiger partial charge in [0.1, 0.15) is 0 Å². The second-order valence-corrected chi connectivity index (χ2v) is 7.15. The molecular weight excluding hydrogens is 338 g/mol. The molecule has 27 heavy (non-hydrogen) atoms. The number of rotatable bonds is 6. The zero-order chi connectivity index (χ0) is 19.2. The molecule has 1 aliphatic rings. The molecule has 3 rings (SSSR count). The maximum absolute atomic E-state index is 12.3. The highest BCUT2D eigenvalue weighted by Gasteiger charge is 2.14. The Labute approximate surface area is 161 Å². The summed E-state index contributed by atoms with van der Waals surface area (Å²) in [6, 6.07) is 12.5. The fourth-order valence-corrected chi connectivity index (χ4v) is 3.60. The van der Waals surface area contributed by atoms with Crippen LogP contribution in [0.3, 0.4) is 0 Å². The molecule has 2 aromatic rings. The van der Waals surface area contributed by atoms with Crippen molar-refractivity contribution >= 4 is 12.0 Å². The molecular formula is C22H29N3O2. The van der Waals surface area contributed by atoms with Gasteiger partial charge in [0.05, 0.1) is 13.2 Å². The number of morpholine rings is 1. The van der Waals surface area contributed by atoms with Crippen LogP contribution in [-0.2, 0) is 9.53 Å². The zero-order valence-corrected chi connectivity index (χ0v) is 16.4. The Kier molecular flexibility index (Phi) is 6.48. The fourth-order valence-electron chi connectivity index (χ4n) is 3.60. The van der Waals surface area contributed by atoms with E-state index in [1.54, 1.807) is 6.08 Å². The van der Waals surface area contributed by atoms with Crippen LogP contribution in [-0.4, -0.2) is 54.3 Å². The lowest BCUT2D eigenvalue weighted by molar-refractivity contribution is -0.117. The third-order valence-electron chi connectivity index (χ3n) is 4.92. The minimum Gasteiger partial charge on any atom is -0.379 e. The molecule has 1 aromatic carbocycles. The van der Waals surface area contributed by atoms with E-state index in [9.17, 15) is 4.79 Å². The minimum absolute atomic E-state index is 0.0553. The first-order valence-corrected chi connectivity index (χ1v) is 9.57. The number of amides is 1. The summed E-state index contributed by atoms with van der Waals surface area (Å²) in [5, 5.41) is 3.05. The lowest BCUT2D eigenvalue weighted by atomic mass is 10.2. The predicted molar refractivity (Wildman–Crippen MR) is 109 cm³/mol. The van der Waals surface area contributed by atoms with Crippen LogP contribution in [0.4, 0.5) is 0 Å². The van der Waals surface area contributed by atoms with Gasteiger partial charge in [-0.2, -0.15) is 0 Å². The minimum atomic E-state index is -0.0553. The van der Waals surface area contributed by atoms with Crippen molar-refractivity contribution in [1.82, 2.24) is 14.8 Å². The monoisotopic (exact) mass is 367 g/mol. The summed E-state index contributed by atoms with van der Waals surface area (Å²) in [6.45, 7) is 10.5. The number of benzene rings is 1. The van der Waals surface area contributed by atoms with Gasteiger partial charge in [-0.05, 0) is 50.6 Å². The summed E-state index contributed by atoms with van der Waals surface area (Å²) in [7, 11) is 0. The summed E-state index contributed by atoms with van der Waals surface area (Å²) in [4.78, 5) is 14.6. The van der Waals surface area contributed by atoms with Crippen molar-refractivity contribution in [1.29, 1.82) is 0 Å². The number of nitrogens with zero attached hydrogens (tertiary/aromatic N) is 2. The number of carbonyl (C=O) groups is 1. The first kappa shape index (κ1) is 19.4. The number of ether oxygens (including phenoxy) is 1. The van der Waals surface area contributed by atoms with Crippen LogP contribution in [0, 0.1) is 13.8 Å². The molecule has 1 atom stereocenters. The van der Waals surface area contributed by atoms with E-state index in [1.165, 1.54) is 0 Å². The molecule has 5 heteroatoms. The average Bonchev–Trinajstić information content (AvgIpc) is 2.95. The van der Waals surface area contributed by atoms with E-state index in [0.29, 0.717) is 0 Å². The number of hydrogen-bond donors (Lipinski definition) is 1. The van der Waals surface area contributed by atoms with E-state index >= 15 is 0 Å². The number of hydrogen-bond acceptors (Lipinski definition) is 3. The van der Waals surface area contributed by atoms with Gasteiger partial charge in [-0.25, -0.2) is 0 Å². The van der Waals surface area contributed by atoms with Crippen LogP contribution < -0.4 is 5.32 Å². The second kappa shape index (κ2) is 9.02. The Morgan fingerprint density at radius 3 is 2.63 bits per heavy atom. The average molecular weight is 367 g/mol. The molecule has 0 aliphatic carbocycles. The number of carbonyl (C=O) groups excluding carboxylic acids is 1. The van der Waals surface area contributed by atoms with E-state index in [1.807, 2.05) is 31.2 Å². The number of aromatic nitrogens is 1. The molecule has 0 radical (unpaired) electrons. The molecule has 1 saturated heterocycles. The smallest absolute Gasteiger partial charge is 0.244 e. The first-order chi connectivity index (χ1) is 13.0. The molecule has 1 aromatic heterocycles. The van der Waals surface area contributed by atoms with Crippen LogP contribution in [0.25, 0.3) is 11.8 Å². The molecule has 0 bridgehead atoms. The number of aryl methyl sites for hydroxylation is 1. The molecule has 1 aliphatic heterocycles. The van der Waals surface area contributed by atoms with Gasteiger partial charge in [0, 0.05) is 48.8 Å². The molecule has 5 nitrogen and oxygen atoms in total. The van der Waals surface area contributed by atoms with Crippen LogP contribution in [0.15, 0.2) is 42.5 Å². The van der Waals surface area contributed by atoms with Crippen molar-refractivity contribution < 1.29 is 9.53 Å². The summed E-state index contributed by atoms with van der Waals surface area (Å²) < 4.78 is 7.57. The predicted octanol–water partition coefficient (Wildman–Crippen LogP) is 2.94. The lowest BCUT2D eigenvalue weighted by Gasteiger charge is -2.29. The number of nitrogens with one attached hydrogen (secondary N) is 1. The summed E-state index contributed by atoms with van der Waals surface area (Å²) >= 11 is 0. The highest BCUT2D eigenvalue weighted by molar-refractivity contribution is 5.92. The van der Waals surface area contributed by atoms with Crippen molar-refractivity contribution in [3.05, 3.63) is 59.4 Å². The third kappa shape index (κ3) is 5.08. The van der Waals surface area contributed by atoms with Crippen LogP contribution in [0.1, 0.15) is 23.9 Å². The van der Waals surface area contributed by atoms with E-state index in [2.05, 4.69) is 46.8 Å². The molecule has 1 fully saturated rings. The molecule has 1 unspecified atom stereocenters. The van der Waals surface area contributed by atoms with Gasteiger partial charge in [-0.3, -0.25) is 9.69 Å². The first-order valence-electron chi connectivity index (χ1n) is 9.57. The van der Waals surface area contributed by atoms with Crippen molar-refractivity contribution in [2.45, 2.75) is 26.8 Å². The topological polar surface area (TPSA) is 46.5 Å². The Bertz CT molecular complexity index is 789. The Hall–Kier alpha value is -2.37. The normalized spacial score (nSPS) is 16.6. The van der Waals surface area contributed by atoms with Crippen molar-refractivity contribution in [3.8, 4) is 5.69 Å². The van der Waals surface area contributed by atoms with Gasteiger partial charge in [0.2, 0.25) is 5.91 Å². The second-order valence-electron chi connectivity index (χ2n) is 7.15. The van der Waals surface area contributed by atoms with Gasteiger partial charge >= 0.3 is 0 Å². The lowest BCUT2D eigenvalue weighted by Crippen LogP contribution is -2.45. The highest BCUT2D eigenvalue weighted by atomic mass is 16.5. The van der Waals surface area contributed by atoms with Crippen molar-refractivity contribution in [2.75, 3.05) is 32.8 Å². The molecule has 1 amide bonds. The maximum Gasteiger partial charge on any atom is 0.244 e. The largest absolute Gasteiger partial charge is 0.379 e. The van der Waals surface area contributed by atoms with Gasteiger partial charge < -0.3 is 14.6 Å². The molecule has 0 saturated carbocycles. The summed E-state index contributed by atoms with van der Waals surface area (Å²) in [5.41, 5.74) is 4.48. The zero-order valence-electron chi connectivity index (χ0n) is 16.4. The standard InChI is InChI=1S/C22H29N3O2/c1-17(16-24-11-13-27-14-12-24)23-22(26)10-9-20-15-18(2)25(19(20)3)21-7-5-4-6-8-21/h4-10,15,17H,11-14,16H2,1-3H3,(H,23,26)/b10-9+.